The Hall–Kier alpha value is -5.04. The number of anilines is 2. The summed E-state index contributed by atoms with van der Waals surface area (Å²) in [5.74, 6) is 3.00. The fourth-order valence-corrected chi connectivity index (χ4v) is 4.94. The molecule has 0 aliphatic carbocycles. The largest absolute Gasteiger partial charge is 0.535 e. The average Bonchev–Trinajstić information content (AvgIpc) is 3.52. The van der Waals surface area contributed by atoms with Crippen molar-refractivity contribution in [2.24, 2.45) is 7.05 Å². The summed E-state index contributed by atoms with van der Waals surface area (Å²) in [4.78, 5) is 6.74. The first kappa shape index (κ1) is 22.2. The summed E-state index contributed by atoms with van der Waals surface area (Å²) < 4.78 is 16.7. The number of rotatable bonds is 5. The van der Waals surface area contributed by atoms with Crippen LogP contribution in [0.2, 0.25) is 0 Å². The topological polar surface area (TPSA) is 43.4 Å². The second-order valence-electron chi connectivity index (χ2n) is 9.16. The highest BCUT2D eigenvalue weighted by atomic mass is 16.5. The first-order valence-electron chi connectivity index (χ1n) is 12.5. The summed E-state index contributed by atoms with van der Waals surface area (Å²) >= 11 is 0. The van der Waals surface area contributed by atoms with Crippen molar-refractivity contribution in [3.63, 3.8) is 0 Å². The van der Waals surface area contributed by atoms with E-state index in [-0.39, 0.29) is 7.05 Å². The fourth-order valence-electron chi connectivity index (χ4n) is 4.94. The second-order valence-corrected chi connectivity index (χ2v) is 9.16. The van der Waals surface area contributed by atoms with Gasteiger partial charge in [-0.3, -0.25) is 0 Å². The van der Waals surface area contributed by atoms with Crippen LogP contribution in [0, 0.1) is 6.33 Å². The molecule has 0 saturated heterocycles. The summed E-state index contributed by atoms with van der Waals surface area (Å²) in [7, 11) is 1.68. The number of nitrogens with zero attached hydrogens (tertiary/aromatic N) is 4. The number of imidazole rings is 1. The second kappa shape index (κ2) is 9.12. The Morgan fingerprint density at radius 2 is 1.53 bits per heavy atom. The molecular weight excluding hydrogens is 471 g/mol. The van der Waals surface area contributed by atoms with Gasteiger partial charge in [-0.05, 0) is 41.9 Å². The third-order valence-corrected chi connectivity index (χ3v) is 6.68. The molecule has 0 unspecified atom stereocenters. The zero-order valence-electron chi connectivity index (χ0n) is 20.7. The van der Waals surface area contributed by atoms with Crippen LogP contribution < -0.4 is 24.2 Å². The molecule has 6 aromatic rings. The Morgan fingerprint density at radius 1 is 0.789 bits per heavy atom. The van der Waals surface area contributed by atoms with E-state index >= 15 is 0 Å². The van der Waals surface area contributed by atoms with Gasteiger partial charge in [0.25, 0.3) is 0 Å². The van der Waals surface area contributed by atoms with E-state index in [0.29, 0.717) is 0 Å². The van der Waals surface area contributed by atoms with Gasteiger partial charge in [0.15, 0.2) is 5.82 Å². The number of aryl methyl sites for hydroxylation is 1. The molecule has 0 amide bonds. The lowest BCUT2D eigenvalue weighted by molar-refractivity contribution is -0.649. The normalized spacial score (nSPS) is 12.4. The van der Waals surface area contributed by atoms with Crippen LogP contribution in [0.1, 0.15) is 0 Å². The molecule has 7 rings (SSSR count). The Morgan fingerprint density at radius 3 is 2.37 bits per heavy atom. The minimum absolute atomic E-state index is 0.321. The third-order valence-electron chi connectivity index (χ3n) is 6.68. The predicted molar refractivity (Wildman–Crippen MR) is 149 cm³/mol. The highest BCUT2D eigenvalue weighted by Crippen LogP contribution is 2.40. The quantitative estimate of drug-likeness (QED) is 0.184. The van der Waals surface area contributed by atoms with Crippen molar-refractivity contribution in [2.75, 3.05) is 4.81 Å². The lowest BCUT2D eigenvalue weighted by Crippen LogP contribution is -2.47. The highest BCUT2D eigenvalue weighted by molar-refractivity contribution is 6.74. The van der Waals surface area contributed by atoms with Crippen molar-refractivity contribution in [2.45, 2.75) is 0 Å². The molecule has 3 heterocycles. The molecular formula is C31H23BN4O2. The maximum atomic E-state index is 6.37. The molecule has 0 saturated carbocycles. The molecule has 7 heteroatoms. The average molecular weight is 494 g/mol. The summed E-state index contributed by atoms with van der Waals surface area (Å²) in [6.07, 6.45) is 5.17. The molecule has 6 nitrogen and oxygen atoms in total. The molecule has 0 atom stereocenters. The lowest BCUT2D eigenvalue weighted by Gasteiger charge is -2.22. The van der Waals surface area contributed by atoms with E-state index in [0.717, 1.165) is 50.9 Å². The molecule has 1 aliphatic heterocycles. The summed E-state index contributed by atoms with van der Waals surface area (Å²) in [6.45, 7) is 0. The minimum atomic E-state index is -0.321. The number of hydrogen-bond donors (Lipinski definition) is 0. The SMILES string of the molecule is C[n+]1[c-]n(-c2cccc(Oc3cccc(N4B(c5ccccc5)Oc5cccnc54)c3)c2)c2ccccc21. The maximum Gasteiger partial charge on any atom is 0.525 e. The minimum Gasteiger partial charge on any atom is -0.535 e. The summed E-state index contributed by atoms with van der Waals surface area (Å²) in [5.41, 5.74) is 5.16. The van der Waals surface area contributed by atoms with Crippen LogP contribution in [0.5, 0.6) is 17.2 Å². The van der Waals surface area contributed by atoms with Crippen LogP contribution in [-0.4, -0.2) is 16.6 Å². The van der Waals surface area contributed by atoms with Gasteiger partial charge in [-0.1, -0.05) is 72.8 Å². The number of hydrogen-bond acceptors (Lipinski definition) is 4. The highest BCUT2D eigenvalue weighted by Gasteiger charge is 2.40. The van der Waals surface area contributed by atoms with Crippen molar-refractivity contribution in [3.8, 4) is 22.9 Å². The summed E-state index contributed by atoms with van der Waals surface area (Å²) in [6, 6.07) is 38.3. The van der Waals surface area contributed by atoms with E-state index < -0.39 is 0 Å². The van der Waals surface area contributed by atoms with Crippen molar-refractivity contribution in [1.29, 1.82) is 0 Å². The van der Waals surface area contributed by atoms with E-state index in [1.54, 1.807) is 6.20 Å². The number of benzene rings is 4. The first-order valence-corrected chi connectivity index (χ1v) is 12.5. The first-order chi connectivity index (χ1) is 18.7. The monoisotopic (exact) mass is 494 g/mol. The van der Waals surface area contributed by atoms with E-state index in [1.165, 1.54) is 0 Å². The van der Waals surface area contributed by atoms with E-state index in [9.17, 15) is 0 Å². The zero-order chi connectivity index (χ0) is 25.5. The van der Waals surface area contributed by atoms with Crippen molar-refractivity contribution in [1.82, 2.24) is 9.55 Å². The molecule has 38 heavy (non-hydrogen) atoms. The van der Waals surface area contributed by atoms with Gasteiger partial charge in [-0.25, -0.2) is 4.98 Å². The number of para-hydroxylation sites is 2. The van der Waals surface area contributed by atoms with Crippen molar-refractivity contribution < 1.29 is 14.0 Å². The fraction of sp³-hybridized carbons (Fsp3) is 0.0323. The number of ether oxygens (including phenoxy) is 1. The van der Waals surface area contributed by atoms with Crippen LogP contribution in [0.15, 0.2) is 121 Å². The molecule has 182 valence electrons. The van der Waals surface area contributed by atoms with Gasteiger partial charge in [0, 0.05) is 18.0 Å². The van der Waals surface area contributed by atoms with Gasteiger partial charge in [-0.2, -0.15) is 0 Å². The Labute approximate surface area is 221 Å². The molecule has 0 fully saturated rings. The van der Waals surface area contributed by atoms with Crippen LogP contribution in [-0.2, 0) is 7.05 Å². The summed E-state index contributed by atoms with van der Waals surface area (Å²) in [5, 5.41) is 0. The zero-order valence-corrected chi connectivity index (χ0v) is 20.7. The Balaban J connectivity index is 1.23. The third kappa shape index (κ3) is 3.85. The van der Waals surface area contributed by atoms with Gasteiger partial charge in [-0.15, -0.1) is 0 Å². The smallest absolute Gasteiger partial charge is 0.525 e. The molecule has 0 N–H and O–H groups in total. The van der Waals surface area contributed by atoms with Crippen LogP contribution in [0.4, 0.5) is 11.5 Å². The molecule has 2 aromatic heterocycles. The lowest BCUT2D eigenvalue weighted by atomic mass is 9.71. The molecule has 0 radical (unpaired) electrons. The standard InChI is InChI=1S/C31H23BN4O2/c1-34-22-35(29-17-6-5-16-28(29)34)24-12-7-14-26(20-24)37-27-15-8-13-25(21-27)36-31-30(18-9-19-33-31)38-32(36)23-10-3-2-4-11-23/h2-21H,1H3. The number of pyridine rings is 1. The van der Waals surface area contributed by atoms with E-state index in [4.69, 9.17) is 9.39 Å². The van der Waals surface area contributed by atoms with Crippen molar-refractivity contribution in [3.05, 3.63) is 128 Å². The number of aromatic nitrogens is 3. The van der Waals surface area contributed by atoms with Crippen LogP contribution in [0.3, 0.4) is 0 Å². The number of fused-ring (bicyclic) bond motifs is 2. The van der Waals surface area contributed by atoms with Crippen LogP contribution >= 0.6 is 0 Å². The maximum absolute atomic E-state index is 6.37. The van der Waals surface area contributed by atoms with Gasteiger partial charge in [0.05, 0.1) is 23.8 Å². The predicted octanol–water partition coefficient (Wildman–Crippen LogP) is 5.37. The molecule has 0 spiro atoms. The van der Waals surface area contributed by atoms with Gasteiger partial charge in [0.2, 0.25) is 6.33 Å². The molecule has 4 aromatic carbocycles. The molecule has 1 aliphatic rings. The van der Waals surface area contributed by atoms with E-state index in [2.05, 4.69) is 46.5 Å². The molecule has 0 bridgehead atoms. The van der Waals surface area contributed by atoms with Gasteiger partial charge >= 0.3 is 7.05 Å². The Bertz CT molecular complexity index is 1770. The Kier molecular flexibility index (Phi) is 5.33. The van der Waals surface area contributed by atoms with Crippen LogP contribution in [0.25, 0.3) is 16.7 Å². The van der Waals surface area contributed by atoms with Gasteiger partial charge < -0.3 is 23.3 Å². The van der Waals surface area contributed by atoms with Gasteiger partial charge in [0.1, 0.15) is 17.2 Å². The van der Waals surface area contributed by atoms with Crippen molar-refractivity contribution >= 4 is 35.1 Å². The van der Waals surface area contributed by atoms with E-state index in [1.807, 2.05) is 101 Å².